The third kappa shape index (κ3) is 1.39. The second kappa shape index (κ2) is 3.48. The first-order chi connectivity index (χ1) is 6.97. The van der Waals surface area contributed by atoms with Gasteiger partial charge in [0, 0.05) is 0 Å². The minimum Gasteiger partial charge on any atom is -0.389 e. The van der Waals surface area contributed by atoms with Crippen molar-refractivity contribution in [3.63, 3.8) is 0 Å². The van der Waals surface area contributed by atoms with Gasteiger partial charge in [0.25, 0.3) is 0 Å². The van der Waals surface area contributed by atoms with Gasteiger partial charge in [0.2, 0.25) is 0 Å². The molecule has 2 rings (SSSR count). The lowest BCUT2D eigenvalue weighted by atomic mass is 9.57. The molecule has 0 amide bonds. The zero-order valence-electron chi connectivity index (χ0n) is 10.6. The molecular weight excluding hydrogens is 184 g/mol. The Morgan fingerprint density at radius 2 is 1.53 bits per heavy atom. The molecule has 0 aromatic rings. The van der Waals surface area contributed by atoms with E-state index >= 15 is 0 Å². The second-order valence-corrected chi connectivity index (χ2v) is 6.44. The van der Waals surface area contributed by atoms with Crippen molar-refractivity contribution in [2.75, 3.05) is 0 Å². The van der Waals surface area contributed by atoms with Crippen molar-refractivity contribution >= 4 is 0 Å². The zero-order valence-corrected chi connectivity index (χ0v) is 10.6. The molecule has 2 bridgehead atoms. The summed E-state index contributed by atoms with van der Waals surface area (Å²) in [6.07, 6.45) is 9.69. The van der Waals surface area contributed by atoms with Crippen molar-refractivity contribution in [1.29, 1.82) is 0 Å². The molecule has 2 aliphatic rings. The molecule has 88 valence electrons. The molecule has 0 aromatic heterocycles. The molecule has 2 unspecified atom stereocenters. The van der Waals surface area contributed by atoms with E-state index in [1.807, 2.05) is 0 Å². The maximum absolute atomic E-state index is 11.1. The maximum atomic E-state index is 11.1. The summed E-state index contributed by atoms with van der Waals surface area (Å²) in [6.45, 7) is 6.87. The number of aliphatic hydroxyl groups is 1. The van der Waals surface area contributed by atoms with Crippen LogP contribution in [0.15, 0.2) is 0 Å². The number of hydrogen-bond acceptors (Lipinski definition) is 1. The van der Waals surface area contributed by atoms with Gasteiger partial charge in [-0.25, -0.2) is 0 Å². The highest BCUT2D eigenvalue weighted by Gasteiger charge is 2.63. The van der Waals surface area contributed by atoms with Crippen LogP contribution in [0.5, 0.6) is 0 Å². The standard InChI is InChI=1S/C14H26O/c1-4-5-9-14(15)12(2)7-6-8-13(14,3)11-10-12/h15H,4-11H2,1-3H3. The maximum Gasteiger partial charge on any atom is 0.0754 e. The molecule has 0 aromatic carbocycles. The Bertz CT molecular complexity index is 230. The van der Waals surface area contributed by atoms with Crippen LogP contribution >= 0.6 is 0 Å². The Morgan fingerprint density at radius 3 is 2.00 bits per heavy atom. The molecule has 2 aliphatic carbocycles. The number of hydrogen-bond donors (Lipinski definition) is 1. The molecule has 15 heavy (non-hydrogen) atoms. The van der Waals surface area contributed by atoms with Crippen LogP contribution in [0.2, 0.25) is 0 Å². The van der Waals surface area contributed by atoms with Gasteiger partial charge in [-0.1, -0.05) is 40.0 Å². The fraction of sp³-hybridized carbons (Fsp3) is 1.00. The monoisotopic (exact) mass is 210 g/mol. The Morgan fingerprint density at radius 1 is 1.00 bits per heavy atom. The topological polar surface area (TPSA) is 20.2 Å². The summed E-state index contributed by atoms with van der Waals surface area (Å²) in [6, 6.07) is 0. The highest BCUT2D eigenvalue weighted by molar-refractivity contribution is 5.14. The normalized spacial score (nSPS) is 49.6. The SMILES string of the molecule is CCCCC1(O)C2(C)CCCC1(C)CC2. The van der Waals surface area contributed by atoms with Gasteiger partial charge >= 0.3 is 0 Å². The third-order valence-electron chi connectivity index (χ3n) is 5.57. The number of fused-ring (bicyclic) bond motifs is 2. The quantitative estimate of drug-likeness (QED) is 0.749. The first kappa shape index (κ1) is 11.4. The molecule has 1 N–H and O–H groups in total. The van der Waals surface area contributed by atoms with Gasteiger partial charge in [-0.05, 0) is 42.9 Å². The van der Waals surface area contributed by atoms with Gasteiger partial charge in [0.05, 0.1) is 5.60 Å². The summed E-state index contributed by atoms with van der Waals surface area (Å²) in [5, 5.41) is 11.1. The summed E-state index contributed by atoms with van der Waals surface area (Å²) in [5.41, 5.74) is 0.0681. The van der Waals surface area contributed by atoms with Gasteiger partial charge in [-0.3, -0.25) is 0 Å². The van der Waals surface area contributed by atoms with Gasteiger partial charge < -0.3 is 5.11 Å². The summed E-state index contributed by atoms with van der Waals surface area (Å²) < 4.78 is 0. The highest BCUT2D eigenvalue weighted by atomic mass is 16.3. The van der Waals surface area contributed by atoms with Crippen LogP contribution in [0.25, 0.3) is 0 Å². The van der Waals surface area contributed by atoms with E-state index in [4.69, 9.17) is 0 Å². The van der Waals surface area contributed by atoms with E-state index in [-0.39, 0.29) is 16.4 Å². The lowest BCUT2D eigenvalue weighted by molar-refractivity contribution is -0.155. The molecule has 1 heteroatoms. The zero-order chi connectivity index (χ0) is 11.2. The number of rotatable bonds is 3. The van der Waals surface area contributed by atoms with E-state index in [0.717, 1.165) is 6.42 Å². The molecule has 0 saturated heterocycles. The van der Waals surface area contributed by atoms with Crippen LogP contribution in [-0.2, 0) is 0 Å². The lowest BCUT2D eigenvalue weighted by Gasteiger charge is -2.52. The molecule has 2 atom stereocenters. The first-order valence-corrected chi connectivity index (χ1v) is 6.70. The summed E-state index contributed by atoms with van der Waals surface area (Å²) in [7, 11) is 0. The van der Waals surface area contributed by atoms with Crippen LogP contribution in [0.4, 0.5) is 0 Å². The highest BCUT2D eigenvalue weighted by Crippen LogP contribution is 2.65. The predicted molar refractivity (Wildman–Crippen MR) is 63.8 cm³/mol. The van der Waals surface area contributed by atoms with Gasteiger partial charge in [-0.2, -0.15) is 0 Å². The van der Waals surface area contributed by atoms with Crippen molar-refractivity contribution in [1.82, 2.24) is 0 Å². The fourth-order valence-electron chi connectivity index (χ4n) is 4.26. The fourth-order valence-corrected chi connectivity index (χ4v) is 4.26. The summed E-state index contributed by atoms with van der Waals surface area (Å²) >= 11 is 0. The Labute approximate surface area is 94.3 Å². The predicted octanol–water partition coefficient (Wildman–Crippen LogP) is 3.90. The number of unbranched alkanes of at least 4 members (excludes halogenated alkanes) is 1. The summed E-state index contributed by atoms with van der Waals surface area (Å²) in [4.78, 5) is 0. The summed E-state index contributed by atoms with van der Waals surface area (Å²) in [5.74, 6) is 0. The van der Waals surface area contributed by atoms with E-state index < -0.39 is 0 Å². The molecule has 0 heterocycles. The van der Waals surface area contributed by atoms with Crippen molar-refractivity contribution in [3.05, 3.63) is 0 Å². The van der Waals surface area contributed by atoms with Crippen LogP contribution in [-0.4, -0.2) is 10.7 Å². The van der Waals surface area contributed by atoms with Crippen LogP contribution in [0, 0.1) is 10.8 Å². The molecular formula is C14H26O. The molecule has 0 radical (unpaired) electrons. The molecule has 2 saturated carbocycles. The first-order valence-electron chi connectivity index (χ1n) is 6.70. The second-order valence-electron chi connectivity index (χ2n) is 6.44. The van der Waals surface area contributed by atoms with Gasteiger partial charge in [0.1, 0.15) is 0 Å². The van der Waals surface area contributed by atoms with Gasteiger partial charge in [0.15, 0.2) is 0 Å². The van der Waals surface area contributed by atoms with Crippen molar-refractivity contribution in [2.24, 2.45) is 10.8 Å². The molecule has 1 nitrogen and oxygen atoms in total. The van der Waals surface area contributed by atoms with Crippen molar-refractivity contribution in [2.45, 2.75) is 77.7 Å². The van der Waals surface area contributed by atoms with E-state index in [2.05, 4.69) is 20.8 Å². The van der Waals surface area contributed by atoms with E-state index in [1.165, 1.54) is 44.9 Å². The van der Waals surface area contributed by atoms with E-state index in [9.17, 15) is 5.11 Å². The van der Waals surface area contributed by atoms with Crippen molar-refractivity contribution in [3.8, 4) is 0 Å². The van der Waals surface area contributed by atoms with E-state index in [0.29, 0.717) is 0 Å². The average molecular weight is 210 g/mol. The Hall–Kier alpha value is -0.0400. The smallest absolute Gasteiger partial charge is 0.0754 e. The van der Waals surface area contributed by atoms with Gasteiger partial charge in [-0.15, -0.1) is 0 Å². The minimum atomic E-state index is -0.367. The van der Waals surface area contributed by atoms with Crippen molar-refractivity contribution < 1.29 is 5.11 Å². The lowest BCUT2D eigenvalue weighted by Crippen LogP contribution is -2.54. The molecule has 0 spiro atoms. The molecule has 0 aliphatic heterocycles. The molecule has 2 fully saturated rings. The van der Waals surface area contributed by atoms with E-state index in [1.54, 1.807) is 0 Å². The largest absolute Gasteiger partial charge is 0.389 e. The third-order valence-corrected chi connectivity index (χ3v) is 5.57. The van der Waals surface area contributed by atoms with Crippen LogP contribution < -0.4 is 0 Å². The minimum absolute atomic E-state index is 0.217. The Kier molecular flexibility index (Phi) is 2.65. The average Bonchev–Trinajstić information content (AvgIpc) is 2.36. The Balaban J connectivity index is 2.27. The van der Waals surface area contributed by atoms with Crippen LogP contribution in [0.3, 0.4) is 0 Å². The van der Waals surface area contributed by atoms with Crippen LogP contribution in [0.1, 0.15) is 72.1 Å².